The summed E-state index contributed by atoms with van der Waals surface area (Å²) in [5.41, 5.74) is 5.84. The van der Waals surface area contributed by atoms with Crippen LogP contribution in [0.1, 0.15) is 60.1 Å². The van der Waals surface area contributed by atoms with E-state index in [1.54, 1.807) is 11.3 Å². The minimum absolute atomic E-state index is 0.176. The summed E-state index contributed by atoms with van der Waals surface area (Å²) in [6.07, 6.45) is 4.29. The third kappa shape index (κ3) is 3.12. The van der Waals surface area contributed by atoms with Gasteiger partial charge in [0.05, 0.1) is 4.88 Å². The van der Waals surface area contributed by atoms with Crippen LogP contribution in [0.3, 0.4) is 0 Å². The molecule has 2 amide bonds. The molecule has 0 aliphatic heterocycles. The van der Waals surface area contributed by atoms with Gasteiger partial charge in [-0.05, 0) is 49.7 Å². The Morgan fingerprint density at radius 2 is 2.10 bits per heavy atom. The maximum absolute atomic E-state index is 12.5. The van der Waals surface area contributed by atoms with Gasteiger partial charge in [-0.2, -0.15) is 0 Å². The lowest BCUT2D eigenvalue weighted by atomic mass is 9.90. The van der Waals surface area contributed by atoms with E-state index < -0.39 is 11.4 Å². The maximum Gasteiger partial charge on any atom is 0.262 e. The van der Waals surface area contributed by atoms with E-state index in [-0.39, 0.29) is 5.91 Å². The van der Waals surface area contributed by atoms with E-state index in [9.17, 15) is 9.59 Å². The third-order valence-corrected chi connectivity index (χ3v) is 5.82. The fraction of sp³-hybridized carbons (Fsp3) is 0.625. The monoisotopic (exact) mass is 308 g/mol. The second-order valence-corrected chi connectivity index (χ2v) is 7.15. The maximum atomic E-state index is 12.5. The molecule has 1 aromatic heterocycles. The van der Waals surface area contributed by atoms with Gasteiger partial charge < -0.3 is 11.1 Å². The summed E-state index contributed by atoms with van der Waals surface area (Å²) >= 11 is 1.55. The van der Waals surface area contributed by atoms with E-state index in [2.05, 4.69) is 12.2 Å². The topological polar surface area (TPSA) is 72.2 Å². The van der Waals surface area contributed by atoms with Crippen molar-refractivity contribution in [1.29, 1.82) is 0 Å². The van der Waals surface area contributed by atoms with Gasteiger partial charge in [-0.15, -0.1) is 11.3 Å². The summed E-state index contributed by atoms with van der Waals surface area (Å²) in [5.74, 6) is 0.0411. The number of amides is 2. The van der Waals surface area contributed by atoms with E-state index >= 15 is 0 Å². The van der Waals surface area contributed by atoms with Crippen LogP contribution in [0.5, 0.6) is 0 Å². The van der Waals surface area contributed by atoms with Crippen molar-refractivity contribution in [3.63, 3.8) is 0 Å². The van der Waals surface area contributed by atoms with Crippen LogP contribution in [0.4, 0.5) is 0 Å². The smallest absolute Gasteiger partial charge is 0.262 e. The molecule has 21 heavy (non-hydrogen) atoms. The summed E-state index contributed by atoms with van der Waals surface area (Å²) in [4.78, 5) is 26.2. The zero-order valence-corrected chi connectivity index (χ0v) is 13.8. The molecule has 5 heteroatoms. The zero-order chi connectivity index (χ0) is 15.6. The molecule has 0 saturated carbocycles. The summed E-state index contributed by atoms with van der Waals surface area (Å²) in [6, 6.07) is 1.99. The van der Waals surface area contributed by atoms with Crippen molar-refractivity contribution in [2.75, 3.05) is 0 Å². The number of rotatable bonds is 5. The van der Waals surface area contributed by atoms with E-state index in [4.69, 9.17) is 5.73 Å². The standard InChI is InChI=1S/C16H24N2O2S/c1-4-16(5-2,15(17)20)18-14(19)13-9-11-8-10(3)6-7-12(11)21-13/h9-10H,4-8H2,1-3H3,(H2,17,20)(H,18,19)/t10-/m1/s1. The summed E-state index contributed by atoms with van der Waals surface area (Å²) in [6.45, 7) is 5.98. The number of nitrogens with two attached hydrogens (primary N) is 1. The number of carbonyl (C=O) groups excluding carboxylic acids is 2. The van der Waals surface area contributed by atoms with E-state index in [0.29, 0.717) is 23.6 Å². The van der Waals surface area contributed by atoms with Crippen LogP contribution in [-0.2, 0) is 17.6 Å². The number of hydrogen-bond acceptors (Lipinski definition) is 3. The van der Waals surface area contributed by atoms with Gasteiger partial charge in [-0.3, -0.25) is 9.59 Å². The number of nitrogens with one attached hydrogen (secondary N) is 1. The molecule has 1 atom stereocenters. The lowest BCUT2D eigenvalue weighted by Gasteiger charge is -2.28. The summed E-state index contributed by atoms with van der Waals surface area (Å²) < 4.78 is 0. The van der Waals surface area contributed by atoms with Gasteiger partial charge in [0.25, 0.3) is 5.91 Å². The largest absolute Gasteiger partial charge is 0.368 e. The Balaban J connectivity index is 2.19. The van der Waals surface area contributed by atoms with Gasteiger partial charge >= 0.3 is 0 Å². The highest BCUT2D eigenvalue weighted by Gasteiger charge is 2.35. The molecule has 0 aromatic carbocycles. The first-order valence-corrected chi connectivity index (χ1v) is 8.47. The first-order chi connectivity index (χ1) is 9.91. The normalized spacial score (nSPS) is 18.1. The van der Waals surface area contributed by atoms with Crippen LogP contribution in [0.25, 0.3) is 0 Å². The minimum Gasteiger partial charge on any atom is -0.368 e. The van der Waals surface area contributed by atoms with E-state index in [1.165, 1.54) is 16.9 Å². The van der Waals surface area contributed by atoms with Crippen LogP contribution in [-0.4, -0.2) is 17.4 Å². The average Bonchev–Trinajstić information content (AvgIpc) is 2.87. The molecule has 0 radical (unpaired) electrons. The Labute approximate surface area is 130 Å². The first-order valence-electron chi connectivity index (χ1n) is 7.65. The highest BCUT2D eigenvalue weighted by atomic mass is 32.1. The van der Waals surface area contributed by atoms with Crippen molar-refractivity contribution in [2.24, 2.45) is 11.7 Å². The zero-order valence-electron chi connectivity index (χ0n) is 13.0. The lowest BCUT2D eigenvalue weighted by Crippen LogP contribution is -2.56. The third-order valence-electron chi connectivity index (χ3n) is 4.58. The van der Waals surface area contributed by atoms with Gasteiger partial charge in [-0.25, -0.2) is 0 Å². The van der Waals surface area contributed by atoms with Crippen molar-refractivity contribution in [3.05, 3.63) is 21.4 Å². The molecular weight excluding hydrogens is 284 g/mol. The average molecular weight is 308 g/mol. The molecule has 0 fully saturated rings. The Morgan fingerprint density at radius 3 is 2.67 bits per heavy atom. The van der Waals surface area contributed by atoms with Crippen LogP contribution in [0.2, 0.25) is 0 Å². The Morgan fingerprint density at radius 1 is 1.43 bits per heavy atom. The fourth-order valence-electron chi connectivity index (χ4n) is 2.93. The van der Waals surface area contributed by atoms with Crippen molar-refractivity contribution >= 4 is 23.2 Å². The van der Waals surface area contributed by atoms with Gasteiger partial charge in [0.1, 0.15) is 5.54 Å². The lowest BCUT2D eigenvalue weighted by molar-refractivity contribution is -0.124. The van der Waals surface area contributed by atoms with Crippen molar-refractivity contribution in [1.82, 2.24) is 5.32 Å². The Hall–Kier alpha value is -1.36. The Kier molecular flexibility index (Phi) is 4.71. The van der Waals surface area contributed by atoms with Gasteiger partial charge in [0, 0.05) is 4.88 Å². The first kappa shape index (κ1) is 16.0. The molecule has 0 saturated heterocycles. The molecule has 1 aromatic rings. The molecule has 0 spiro atoms. The minimum atomic E-state index is -0.936. The van der Waals surface area contributed by atoms with Crippen molar-refractivity contribution < 1.29 is 9.59 Å². The van der Waals surface area contributed by atoms with Crippen molar-refractivity contribution in [3.8, 4) is 0 Å². The quantitative estimate of drug-likeness (QED) is 0.877. The van der Waals surface area contributed by atoms with Crippen LogP contribution < -0.4 is 11.1 Å². The SMILES string of the molecule is CCC(CC)(NC(=O)c1cc2c(s1)CC[C@@H](C)C2)C(N)=O. The van der Waals surface area contributed by atoms with Gasteiger partial charge in [0.15, 0.2) is 0 Å². The molecule has 0 bridgehead atoms. The highest BCUT2D eigenvalue weighted by molar-refractivity contribution is 7.14. The number of primary amides is 1. The summed E-state index contributed by atoms with van der Waals surface area (Å²) in [7, 11) is 0. The van der Waals surface area contributed by atoms with Gasteiger partial charge in [-0.1, -0.05) is 20.8 Å². The molecule has 1 aliphatic rings. The number of carbonyl (C=O) groups is 2. The number of thiophene rings is 1. The number of hydrogen-bond donors (Lipinski definition) is 2. The van der Waals surface area contributed by atoms with Crippen LogP contribution >= 0.6 is 11.3 Å². The molecule has 3 N–H and O–H groups in total. The predicted molar refractivity (Wildman–Crippen MR) is 85.5 cm³/mol. The van der Waals surface area contributed by atoms with E-state index in [0.717, 1.165) is 12.8 Å². The van der Waals surface area contributed by atoms with Crippen molar-refractivity contribution in [2.45, 2.75) is 58.4 Å². The van der Waals surface area contributed by atoms with Crippen LogP contribution in [0, 0.1) is 5.92 Å². The molecule has 1 aliphatic carbocycles. The molecule has 1 heterocycles. The molecule has 0 unspecified atom stereocenters. The van der Waals surface area contributed by atoms with E-state index in [1.807, 2.05) is 19.9 Å². The summed E-state index contributed by atoms with van der Waals surface area (Å²) in [5, 5.41) is 2.86. The Bertz CT molecular complexity index is 546. The predicted octanol–water partition coefficient (Wildman–Crippen LogP) is 2.65. The number of fused-ring (bicyclic) bond motifs is 1. The van der Waals surface area contributed by atoms with Gasteiger partial charge in [0.2, 0.25) is 5.91 Å². The molecule has 116 valence electrons. The molecule has 2 rings (SSSR count). The fourth-order valence-corrected chi connectivity index (χ4v) is 4.04. The molecular formula is C16H24N2O2S. The number of aryl methyl sites for hydroxylation is 1. The van der Waals surface area contributed by atoms with Crippen LogP contribution in [0.15, 0.2) is 6.07 Å². The highest BCUT2D eigenvalue weighted by Crippen LogP contribution is 2.32. The second-order valence-electron chi connectivity index (χ2n) is 6.01. The second kappa shape index (κ2) is 6.18. The molecule has 4 nitrogen and oxygen atoms in total.